The summed E-state index contributed by atoms with van der Waals surface area (Å²) in [5, 5.41) is 8.70. The zero-order chi connectivity index (χ0) is 8.55. The van der Waals surface area contributed by atoms with E-state index in [0.29, 0.717) is 5.56 Å². The average molecular weight is 222 g/mol. The van der Waals surface area contributed by atoms with Crippen LogP contribution in [0.25, 0.3) is 11.0 Å². The molecule has 1 aromatic heterocycles. The van der Waals surface area contributed by atoms with Crippen molar-refractivity contribution in [2.75, 3.05) is 0 Å². The third kappa shape index (κ3) is 0.908. The molecule has 2 aromatic rings. The zero-order valence-corrected chi connectivity index (χ0v) is 7.59. The monoisotopic (exact) mass is 221 g/mol. The Morgan fingerprint density at radius 2 is 2.33 bits per heavy atom. The van der Waals surface area contributed by atoms with Crippen LogP contribution in [-0.4, -0.2) is 9.97 Å². The number of benzene rings is 1. The van der Waals surface area contributed by atoms with Gasteiger partial charge in [0, 0.05) is 0 Å². The fraction of sp³-hybridized carbons (Fsp3) is 0. The van der Waals surface area contributed by atoms with Gasteiger partial charge in [-0.25, -0.2) is 4.98 Å². The van der Waals surface area contributed by atoms with Crippen LogP contribution in [0.2, 0.25) is 0 Å². The van der Waals surface area contributed by atoms with E-state index < -0.39 is 0 Å². The van der Waals surface area contributed by atoms with Gasteiger partial charge in [0.15, 0.2) is 0 Å². The van der Waals surface area contributed by atoms with Crippen LogP contribution in [-0.2, 0) is 0 Å². The second-order valence-corrected chi connectivity index (χ2v) is 3.13. The van der Waals surface area contributed by atoms with Crippen molar-refractivity contribution in [1.82, 2.24) is 9.97 Å². The molecule has 1 heterocycles. The number of fused-ring (bicyclic) bond motifs is 1. The molecule has 0 aliphatic rings. The van der Waals surface area contributed by atoms with E-state index in [9.17, 15) is 0 Å². The fourth-order valence-electron chi connectivity index (χ4n) is 1.06. The van der Waals surface area contributed by atoms with Gasteiger partial charge in [-0.3, -0.25) is 0 Å². The van der Waals surface area contributed by atoms with Gasteiger partial charge in [-0.2, -0.15) is 5.26 Å². The third-order valence-corrected chi connectivity index (χ3v) is 2.45. The summed E-state index contributed by atoms with van der Waals surface area (Å²) in [5.74, 6) is 0. The van der Waals surface area contributed by atoms with Gasteiger partial charge >= 0.3 is 0 Å². The van der Waals surface area contributed by atoms with Crippen molar-refractivity contribution in [2.45, 2.75) is 0 Å². The molecule has 3 nitrogen and oxygen atoms in total. The van der Waals surface area contributed by atoms with Gasteiger partial charge in [0.2, 0.25) is 0 Å². The molecule has 0 amide bonds. The number of aromatic amines is 1. The SMILES string of the molecule is N#Cc1ccc2[nH]cnc2c1Br. The van der Waals surface area contributed by atoms with Crippen molar-refractivity contribution in [3.63, 3.8) is 0 Å². The minimum absolute atomic E-state index is 0.606. The van der Waals surface area contributed by atoms with Crippen molar-refractivity contribution in [3.8, 4) is 6.07 Å². The molecule has 0 aliphatic heterocycles. The topological polar surface area (TPSA) is 52.5 Å². The Morgan fingerprint density at radius 3 is 3.08 bits per heavy atom. The lowest BCUT2D eigenvalue weighted by molar-refractivity contribution is 1.34. The number of H-pyrrole nitrogens is 1. The maximum Gasteiger partial charge on any atom is 0.104 e. The Kier molecular flexibility index (Phi) is 1.59. The Labute approximate surface area is 77.2 Å². The molecule has 1 aromatic carbocycles. The largest absolute Gasteiger partial charge is 0.345 e. The molecule has 0 fully saturated rings. The van der Waals surface area contributed by atoms with E-state index in [1.165, 1.54) is 0 Å². The molecule has 0 atom stereocenters. The van der Waals surface area contributed by atoms with Crippen molar-refractivity contribution in [1.29, 1.82) is 5.26 Å². The van der Waals surface area contributed by atoms with E-state index in [-0.39, 0.29) is 0 Å². The third-order valence-electron chi connectivity index (χ3n) is 1.65. The maximum absolute atomic E-state index is 8.70. The highest BCUT2D eigenvalue weighted by Gasteiger charge is 2.05. The van der Waals surface area contributed by atoms with E-state index >= 15 is 0 Å². The van der Waals surface area contributed by atoms with E-state index in [1.54, 1.807) is 12.4 Å². The van der Waals surface area contributed by atoms with Crippen LogP contribution < -0.4 is 0 Å². The number of nitrogens with one attached hydrogen (secondary N) is 1. The highest BCUT2D eigenvalue weighted by molar-refractivity contribution is 9.10. The number of nitriles is 1. The molecule has 0 unspecified atom stereocenters. The van der Waals surface area contributed by atoms with Gasteiger partial charge in [0.05, 0.1) is 21.9 Å². The predicted molar refractivity (Wildman–Crippen MR) is 48.5 cm³/mol. The smallest absolute Gasteiger partial charge is 0.104 e. The molecule has 12 heavy (non-hydrogen) atoms. The Morgan fingerprint density at radius 1 is 1.50 bits per heavy atom. The summed E-state index contributed by atoms with van der Waals surface area (Å²) in [6.07, 6.45) is 1.61. The number of rotatable bonds is 0. The van der Waals surface area contributed by atoms with Gasteiger partial charge in [0.25, 0.3) is 0 Å². The van der Waals surface area contributed by atoms with Gasteiger partial charge in [-0.05, 0) is 28.1 Å². The maximum atomic E-state index is 8.70. The first-order valence-electron chi connectivity index (χ1n) is 3.34. The van der Waals surface area contributed by atoms with Crippen molar-refractivity contribution < 1.29 is 0 Å². The number of hydrogen-bond acceptors (Lipinski definition) is 2. The van der Waals surface area contributed by atoms with E-state index in [0.717, 1.165) is 15.5 Å². The minimum atomic E-state index is 0.606. The van der Waals surface area contributed by atoms with Crippen molar-refractivity contribution in [3.05, 3.63) is 28.5 Å². The number of halogens is 1. The lowest BCUT2D eigenvalue weighted by Gasteiger charge is -1.94. The lowest BCUT2D eigenvalue weighted by atomic mass is 10.2. The van der Waals surface area contributed by atoms with E-state index in [1.807, 2.05) is 6.07 Å². The molecule has 0 radical (unpaired) electrons. The molecule has 0 aliphatic carbocycles. The number of hydrogen-bond donors (Lipinski definition) is 1. The highest BCUT2D eigenvalue weighted by Crippen LogP contribution is 2.24. The number of imidazole rings is 1. The van der Waals surface area contributed by atoms with Crippen LogP contribution >= 0.6 is 15.9 Å². The van der Waals surface area contributed by atoms with Crippen LogP contribution in [0.3, 0.4) is 0 Å². The molecular weight excluding hydrogens is 218 g/mol. The van der Waals surface area contributed by atoms with Crippen LogP contribution in [0.1, 0.15) is 5.56 Å². The van der Waals surface area contributed by atoms with Crippen molar-refractivity contribution >= 4 is 27.0 Å². The molecule has 2 rings (SSSR count). The van der Waals surface area contributed by atoms with Gasteiger partial charge in [-0.15, -0.1) is 0 Å². The van der Waals surface area contributed by atoms with E-state index in [4.69, 9.17) is 5.26 Å². The molecule has 58 valence electrons. The molecule has 0 saturated carbocycles. The molecule has 0 spiro atoms. The number of aromatic nitrogens is 2. The summed E-state index contributed by atoms with van der Waals surface area (Å²) < 4.78 is 0.753. The van der Waals surface area contributed by atoms with Crippen LogP contribution in [0, 0.1) is 11.3 Å². The van der Waals surface area contributed by atoms with Crippen LogP contribution in [0.15, 0.2) is 22.9 Å². The summed E-state index contributed by atoms with van der Waals surface area (Å²) in [4.78, 5) is 7.03. The summed E-state index contributed by atoms with van der Waals surface area (Å²) >= 11 is 3.32. The Balaban J connectivity index is 2.89. The second-order valence-electron chi connectivity index (χ2n) is 2.34. The van der Waals surface area contributed by atoms with Gasteiger partial charge in [0.1, 0.15) is 11.6 Å². The average Bonchev–Trinajstić information content (AvgIpc) is 2.53. The highest BCUT2D eigenvalue weighted by atomic mass is 79.9. The fourth-order valence-corrected chi connectivity index (χ4v) is 1.60. The molecule has 4 heteroatoms. The zero-order valence-electron chi connectivity index (χ0n) is 6.00. The standard InChI is InChI=1S/C8H4BrN3/c9-7-5(3-10)1-2-6-8(7)12-4-11-6/h1-2,4H,(H,11,12). The first-order chi connectivity index (χ1) is 5.83. The van der Waals surface area contributed by atoms with Crippen LogP contribution in [0.5, 0.6) is 0 Å². The quantitative estimate of drug-likeness (QED) is 0.742. The molecule has 0 bridgehead atoms. The first kappa shape index (κ1) is 7.32. The lowest BCUT2D eigenvalue weighted by Crippen LogP contribution is -1.78. The number of nitrogens with zero attached hydrogens (tertiary/aromatic N) is 2. The van der Waals surface area contributed by atoms with Crippen LogP contribution in [0.4, 0.5) is 0 Å². The van der Waals surface area contributed by atoms with Gasteiger partial charge < -0.3 is 4.98 Å². The Hall–Kier alpha value is -1.34. The summed E-state index contributed by atoms with van der Waals surface area (Å²) in [6.45, 7) is 0. The molecular formula is C8H4BrN3. The summed E-state index contributed by atoms with van der Waals surface area (Å²) in [5.41, 5.74) is 2.34. The molecule has 0 saturated heterocycles. The predicted octanol–water partition coefficient (Wildman–Crippen LogP) is 2.20. The van der Waals surface area contributed by atoms with Gasteiger partial charge in [-0.1, -0.05) is 0 Å². The first-order valence-corrected chi connectivity index (χ1v) is 4.14. The molecule has 1 N–H and O–H groups in total. The minimum Gasteiger partial charge on any atom is -0.345 e. The summed E-state index contributed by atoms with van der Waals surface area (Å²) in [6, 6.07) is 5.67. The summed E-state index contributed by atoms with van der Waals surface area (Å²) in [7, 11) is 0. The normalized spacial score (nSPS) is 10.0. The Bertz CT molecular complexity index is 467. The van der Waals surface area contributed by atoms with Crippen molar-refractivity contribution in [2.24, 2.45) is 0 Å². The van der Waals surface area contributed by atoms with E-state index in [2.05, 4.69) is 32.0 Å². The second kappa shape index (κ2) is 2.61.